The molecule has 1 aliphatic carbocycles. The number of carbonyl (C=O) groups excluding carboxylic acids is 1. The Hall–Kier alpha value is -0.610. The second kappa shape index (κ2) is 7.25. The van der Waals surface area contributed by atoms with Crippen LogP contribution in [0.3, 0.4) is 0 Å². The molecule has 0 aromatic carbocycles. The number of nitrogens with zero attached hydrogens (tertiary/aromatic N) is 1. The maximum atomic E-state index is 11.7. The predicted molar refractivity (Wildman–Crippen MR) is 78.1 cm³/mol. The van der Waals surface area contributed by atoms with Crippen LogP contribution in [0.4, 0.5) is 0 Å². The lowest BCUT2D eigenvalue weighted by atomic mass is 9.77. The van der Waals surface area contributed by atoms with Gasteiger partial charge in [0, 0.05) is 26.2 Å². The zero-order valence-corrected chi connectivity index (χ0v) is 12.5. The van der Waals surface area contributed by atoms with Crippen molar-refractivity contribution in [1.29, 1.82) is 0 Å². The van der Waals surface area contributed by atoms with Crippen molar-refractivity contribution in [2.45, 2.75) is 57.0 Å². The Bertz CT molecular complexity index is 287. The van der Waals surface area contributed by atoms with E-state index in [2.05, 4.69) is 10.6 Å². The molecule has 1 amide bonds. The molecular formula is C15H29N3O. The standard InChI is InChI=1S/C15H29N3O/c1-18(2)15(19)11-17-14-8-4-3-7-12(14)13-9-5-6-10-16-13/h12-14,16-17H,3-11H2,1-2H3. The summed E-state index contributed by atoms with van der Waals surface area (Å²) in [4.78, 5) is 13.4. The molecule has 2 aliphatic rings. The molecule has 4 heteroatoms. The van der Waals surface area contributed by atoms with E-state index >= 15 is 0 Å². The smallest absolute Gasteiger partial charge is 0.236 e. The van der Waals surface area contributed by atoms with Crippen molar-refractivity contribution in [3.8, 4) is 0 Å². The van der Waals surface area contributed by atoms with Gasteiger partial charge in [-0.25, -0.2) is 0 Å². The van der Waals surface area contributed by atoms with Crippen molar-refractivity contribution in [1.82, 2.24) is 15.5 Å². The minimum absolute atomic E-state index is 0.181. The molecule has 4 nitrogen and oxygen atoms in total. The van der Waals surface area contributed by atoms with Gasteiger partial charge in [-0.2, -0.15) is 0 Å². The zero-order valence-electron chi connectivity index (χ0n) is 12.5. The SMILES string of the molecule is CN(C)C(=O)CNC1CCCCC1C1CCCCN1. The highest BCUT2D eigenvalue weighted by Crippen LogP contribution is 2.30. The Kier molecular flexibility index (Phi) is 5.64. The van der Waals surface area contributed by atoms with Gasteiger partial charge in [-0.1, -0.05) is 19.3 Å². The average molecular weight is 267 g/mol. The summed E-state index contributed by atoms with van der Waals surface area (Å²) in [6, 6.07) is 1.19. The van der Waals surface area contributed by atoms with Gasteiger partial charge in [-0.15, -0.1) is 0 Å². The first-order valence-electron chi connectivity index (χ1n) is 7.85. The number of amides is 1. The van der Waals surface area contributed by atoms with Gasteiger partial charge in [0.1, 0.15) is 0 Å². The van der Waals surface area contributed by atoms with E-state index in [9.17, 15) is 4.79 Å². The Balaban J connectivity index is 1.86. The number of rotatable bonds is 4. The summed E-state index contributed by atoms with van der Waals surface area (Å²) in [5.74, 6) is 0.893. The van der Waals surface area contributed by atoms with Gasteiger partial charge >= 0.3 is 0 Å². The fourth-order valence-corrected chi connectivity index (χ4v) is 3.52. The van der Waals surface area contributed by atoms with Crippen LogP contribution in [0.2, 0.25) is 0 Å². The van der Waals surface area contributed by atoms with Crippen LogP contribution >= 0.6 is 0 Å². The molecule has 0 spiro atoms. The molecule has 2 rings (SSSR count). The molecule has 1 saturated carbocycles. The fourth-order valence-electron chi connectivity index (χ4n) is 3.52. The van der Waals surface area contributed by atoms with Gasteiger partial charge in [0.15, 0.2) is 0 Å². The number of nitrogens with one attached hydrogen (secondary N) is 2. The number of carbonyl (C=O) groups is 1. The fraction of sp³-hybridized carbons (Fsp3) is 0.933. The summed E-state index contributed by atoms with van der Waals surface area (Å²) in [5.41, 5.74) is 0. The summed E-state index contributed by atoms with van der Waals surface area (Å²) in [6.07, 6.45) is 9.18. The predicted octanol–water partition coefficient (Wildman–Crippen LogP) is 1.37. The zero-order chi connectivity index (χ0) is 13.7. The van der Waals surface area contributed by atoms with Crippen molar-refractivity contribution in [2.75, 3.05) is 27.2 Å². The molecule has 19 heavy (non-hydrogen) atoms. The molecule has 1 heterocycles. The van der Waals surface area contributed by atoms with Crippen LogP contribution in [-0.4, -0.2) is 50.1 Å². The Morgan fingerprint density at radius 2 is 1.89 bits per heavy atom. The van der Waals surface area contributed by atoms with Gasteiger partial charge in [0.25, 0.3) is 0 Å². The van der Waals surface area contributed by atoms with Crippen molar-refractivity contribution in [3.63, 3.8) is 0 Å². The second-order valence-corrected chi connectivity index (χ2v) is 6.28. The van der Waals surface area contributed by atoms with Gasteiger partial charge in [-0.05, 0) is 38.1 Å². The third kappa shape index (κ3) is 4.18. The van der Waals surface area contributed by atoms with E-state index in [4.69, 9.17) is 0 Å². The van der Waals surface area contributed by atoms with E-state index in [1.54, 1.807) is 4.90 Å². The summed E-state index contributed by atoms with van der Waals surface area (Å²) in [6.45, 7) is 1.66. The summed E-state index contributed by atoms with van der Waals surface area (Å²) in [7, 11) is 3.65. The maximum Gasteiger partial charge on any atom is 0.236 e. The first-order chi connectivity index (χ1) is 9.18. The first kappa shape index (κ1) is 14.8. The molecule has 0 aromatic heterocycles. The molecule has 3 atom stereocenters. The topological polar surface area (TPSA) is 44.4 Å². The van der Waals surface area contributed by atoms with Crippen LogP contribution < -0.4 is 10.6 Å². The Morgan fingerprint density at radius 3 is 2.58 bits per heavy atom. The van der Waals surface area contributed by atoms with Crippen molar-refractivity contribution in [3.05, 3.63) is 0 Å². The van der Waals surface area contributed by atoms with Gasteiger partial charge in [0.05, 0.1) is 6.54 Å². The van der Waals surface area contributed by atoms with Gasteiger partial charge in [-0.3, -0.25) is 4.79 Å². The van der Waals surface area contributed by atoms with E-state index in [0.29, 0.717) is 24.5 Å². The minimum atomic E-state index is 0.181. The van der Waals surface area contributed by atoms with E-state index in [1.807, 2.05) is 14.1 Å². The summed E-state index contributed by atoms with van der Waals surface area (Å²) >= 11 is 0. The quantitative estimate of drug-likeness (QED) is 0.808. The van der Waals surface area contributed by atoms with Gasteiger partial charge < -0.3 is 15.5 Å². The number of likely N-dealkylation sites (N-methyl/N-ethyl adjacent to an activating group) is 1. The summed E-state index contributed by atoms with van der Waals surface area (Å²) < 4.78 is 0. The van der Waals surface area contributed by atoms with Crippen molar-refractivity contribution >= 4 is 5.91 Å². The van der Waals surface area contributed by atoms with E-state index in [-0.39, 0.29) is 5.91 Å². The largest absolute Gasteiger partial charge is 0.348 e. The lowest BCUT2D eigenvalue weighted by molar-refractivity contribution is -0.128. The monoisotopic (exact) mass is 267 g/mol. The Morgan fingerprint density at radius 1 is 1.16 bits per heavy atom. The third-order valence-corrected chi connectivity index (χ3v) is 4.70. The van der Waals surface area contributed by atoms with Crippen LogP contribution in [0.25, 0.3) is 0 Å². The summed E-state index contributed by atoms with van der Waals surface area (Å²) in [5, 5.41) is 7.21. The molecular weight excluding hydrogens is 238 g/mol. The molecule has 0 bridgehead atoms. The molecule has 1 saturated heterocycles. The first-order valence-corrected chi connectivity index (χ1v) is 7.85. The van der Waals surface area contributed by atoms with Crippen LogP contribution in [0.15, 0.2) is 0 Å². The van der Waals surface area contributed by atoms with Crippen LogP contribution in [-0.2, 0) is 4.79 Å². The maximum absolute atomic E-state index is 11.7. The van der Waals surface area contributed by atoms with E-state index in [1.165, 1.54) is 51.5 Å². The van der Waals surface area contributed by atoms with Crippen LogP contribution in [0, 0.1) is 5.92 Å². The van der Waals surface area contributed by atoms with E-state index in [0.717, 1.165) is 0 Å². The average Bonchev–Trinajstić information content (AvgIpc) is 2.46. The van der Waals surface area contributed by atoms with E-state index < -0.39 is 0 Å². The molecule has 3 unspecified atom stereocenters. The second-order valence-electron chi connectivity index (χ2n) is 6.28. The molecule has 2 fully saturated rings. The minimum Gasteiger partial charge on any atom is -0.348 e. The Labute approximate surface area is 117 Å². The lowest BCUT2D eigenvalue weighted by Gasteiger charge is -2.40. The third-order valence-electron chi connectivity index (χ3n) is 4.70. The molecule has 2 N–H and O–H groups in total. The highest BCUT2D eigenvalue weighted by atomic mass is 16.2. The van der Waals surface area contributed by atoms with Crippen LogP contribution in [0.5, 0.6) is 0 Å². The van der Waals surface area contributed by atoms with Crippen LogP contribution in [0.1, 0.15) is 44.9 Å². The number of piperidine rings is 1. The van der Waals surface area contributed by atoms with Gasteiger partial charge in [0.2, 0.25) is 5.91 Å². The number of hydrogen-bond donors (Lipinski definition) is 2. The molecule has 0 aromatic rings. The van der Waals surface area contributed by atoms with Crippen molar-refractivity contribution < 1.29 is 4.79 Å². The molecule has 0 radical (unpaired) electrons. The molecule has 1 aliphatic heterocycles. The van der Waals surface area contributed by atoms with Crippen molar-refractivity contribution in [2.24, 2.45) is 5.92 Å². The highest BCUT2D eigenvalue weighted by molar-refractivity contribution is 5.77. The normalized spacial score (nSPS) is 32.0. The lowest BCUT2D eigenvalue weighted by Crippen LogP contribution is -2.52. The number of hydrogen-bond acceptors (Lipinski definition) is 3. The molecule has 110 valence electrons. The highest BCUT2D eigenvalue weighted by Gasteiger charge is 2.32.